The Labute approximate surface area is 108 Å². The maximum absolute atomic E-state index is 10.0. The molecule has 2 heterocycles. The van der Waals surface area contributed by atoms with Gasteiger partial charge in [-0.05, 0) is 19.1 Å². The summed E-state index contributed by atoms with van der Waals surface area (Å²) in [5.74, 6) is 1.57. The summed E-state index contributed by atoms with van der Waals surface area (Å²) >= 11 is 0. The van der Waals surface area contributed by atoms with Crippen molar-refractivity contribution in [3.8, 4) is 23.1 Å². The lowest BCUT2D eigenvalue weighted by Gasteiger charge is -2.05. The molecule has 0 amide bonds. The lowest BCUT2D eigenvalue weighted by atomic mass is 10.1. The molecule has 0 saturated heterocycles. The molecule has 6 nitrogen and oxygen atoms in total. The molecular weight excluding hydrogens is 246 g/mol. The minimum atomic E-state index is 0.110. The molecule has 2 aromatic heterocycles. The molecule has 0 fully saturated rings. The molecule has 0 aliphatic carbocycles. The van der Waals surface area contributed by atoms with Crippen LogP contribution in [0.2, 0.25) is 0 Å². The topological polar surface area (TPSA) is 81.3 Å². The highest BCUT2D eigenvalue weighted by atomic mass is 16.5. The second kappa shape index (κ2) is 4.24. The predicted octanol–water partition coefficient (Wildman–Crippen LogP) is 2.31. The molecule has 3 aromatic rings. The average Bonchev–Trinajstić information content (AvgIpc) is 2.84. The monoisotopic (exact) mass is 257 g/mol. The number of ether oxygens (including phenoxy) is 1. The number of methoxy groups -OCH3 is 1. The highest BCUT2D eigenvalue weighted by Gasteiger charge is 2.12. The van der Waals surface area contributed by atoms with Gasteiger partial charge in [0.1, 0.15) is 17.2 Å². The Hall–Kier alpha value is -2.63. The molecule has 96 valence electrons. The van der Waals surface area contributed by atoms with E-state index in [0.717, 1.165) is 0 Å². The van der Waals surface area contributed by atoms with E-state index in [-0.39, 0.29) is 11.6 Å². The van der Waals surface area contributed by atoms with E-state index in [1.54, 1.807) is 32.2 Å². The summed E-state index contributed by atoms with van der Waals surface area (Å²) in [7, 11) is 1.58. The lowest BCUT2D eigenvalue weighted by molar-refractivity contribution is 0.415. The van der Waals surface area contributed by atoms with Gasteiger partial charge in [0, 0.05) is 17.5 Å². The molecule has 19 heavy (non-hydrogen) atoms. The Morgan fingerprint density at radius 1 is 1.21 bits per heavy atom. The number of hydrogen-bond acceptors (Lipinski definition) is 6. The molecule has 0 radical (unpaired) electrons. The Morgan fingerprint density at radius 2 is 2.05 bits per heavy atom. The number of aromatic hydroxyl groups is 1. The predicted molar refractivity (Wildman–Crippen MR) is 68.0 cm³/mol. The second-order valence-electron chi connectivity index (χ2n) is 4.06. The molecule has 0 spiro atoms. The van der Waals surface area contributed by atoms with Gasteiger partial charge >= 0.3 is 0 Å². The number of pyridine rings is 1. The van der Waals surface area contributed by atoms with E-state index in [0.29, 0.717) is 28.2 Å². The van der Waals surface area contributed by atoms with Crippen molar-refractivity contribution < 1.29 is 14.4 Å². The number of benzene rings is 1. The van der Waals surface area contributed by atoms with Crippen molar-refractivity contribution in [2.24, 2.45) is 0 Å². The fraction of sp³-hybridized carbons (Fsp3) is 0.154. The van der Waals surface area contributed by atoms with Gasteiger partial charge in [0.05, 0.1) is 12.6 Å². The van der Waals surface area contributed by atoms with Crippen molar-refractivity contribution in [3.63, 3.8) is 0 Å². The van der Waals surface area contributed by atoms with Gasteiger partial charge in [-0.25, -0.2) is 4.98 Å². The molecule has 1 aromatic carbocycles. The van der Waals surface area contributed by atoms with Crippen LogP contribution >= 0.6 is 0 Å². The summed E-state index contributed by atoms with van der Waals surface area (Å²) in [6.45, 7) is 1.72. The average molecular weight is 257 g/mol. The summed E-state index contributed by atoms with van der Waals surface area (Å²) < 4.78 is 10.2. The quantitative estimate of drug-likeness (QED) is 0.758. The van der Waals surface area contributed by atoms with E-state index in [1.165, 1.54) is 6.07 Å². The van der Waals surface area contributed by atoms with Crippen LogP contribution < -0.4 is 4.74 Å². The van der Waals surface area contributed by atoms with E-state index in [2.05, 4.69) is 15.1 Å². The van der Waals surface area contributed by atoms with Crippen molar-refractivity contribution in [2.45, 2.75) is 6.92 Å². The highest BCUT2D eigenvalue weighted by molar-refractivity contribution is 5.87. The molecule has 0 unspecified atom stereocenters. The molecule has 0 aliphatic heterocycles. The first-order valence-electron chi connectivity index (χ1n) is 5.66. The fourth-order valence-electron chi connectivity index (χ4n) is 1.83. The van der Waals surface area contributed by atoms with Crippen LogP contribution in [0.15, 0.2) is 28.8 Å². The van der Waals surface area contributed by atoms with Crippen LogP contribution in [0.5, 0.6) is 11.5 Å². The summed E-state index contributed by atoms with van der Waals surface area (Å²) in [4.78, 5) is 8.48. The van der Waals surface area contributed by atoms with Crippen molar-refractivity contribution in [3.05, 3.63) is 30.1 Å². The van der Waals surface area contributed by atoms with Crippen LogP contribution in [-0.4, -0.2) is 27.3 Å². The molecule has 0 bridgehead atoms. The van der Waals surface area contributed by atoms with Crippen LogP contribution in [-0.2, 0) is 0 Å². The van der Waals surface area contributed by atoms with Gasteiger partial charge < -0.3 is 14.4 Å². The summed E-state index contributed by atoms with van der Waals surface area (Å²) in [5.41, 5.74) is 1.03. The minimum absolute atomic E-state index is 0.110. The zero-order valence-electron chi connectivity index (χ0n) is 10.4. The molecule has 6 heteroatoms. The zero-order valence-corrected chi connectivity index (χ0v) is 10.4. The number of rotatable bonds is 2. The smallest absolute Gasteiger partial charge is 0.276 e. The summed E-state index contributed by atoms with van der Waals surface area (Å²) in [6.07, 6.45) is 0. The maximum Gasteiger partial charge on any atom is 0.276 e. The standard InChI is InChI=1S/C13H11N3O3/c1-7-14-13(19-16-7)11-6-12(17)9-4-3-8(18-2)5-10(9)15-11/h3-6H,1-2H3,(H,15,17). The van der Waals surface area contributed by atoms with Crippen molar-refractivity contribution in [1.29, 1.82) is 0 Å². The molecule has 0 atom stereocenters. The van der Waals surface area contributed by atoms with E-state index in [9.17, 15) is 5.11 Å². The zero-order chi connectivity index (χ0) is 13.4. The van der Waals surface area contributed by atoms with Gasteiger partial charge in [0.2, 0.25) is 0 Å². The van der Waals surface area contributed by atoms with Gasteiger partial charge in [-0.1, -0.05) is 5.16 Å². The van der Waals surface area contributed by atoms with Crippen LogP contribution in [0.25, 0.3) is 22.5 Å². The maximum atomic E-state index is 10.0. The Balaban J connectivity index is 2.22. The van der Waals surface area contributed by atoms with Crippen LogP contribution in [0.4, 0.5) is 0 Å². The first kappa shape index (κ1) is 11.5. The molecule has 0 saturated carbocycles. The number of fused-ring (bicyclic) bond motifs is 1. The molecule has 0 aliphatic rings. The first-order chi connectivity index (χ1) is 9.17. The van der Waals surface area contributed by atoms with Gasteiger partial charge in [0.15, 0.2) is 5.82 Å². The lowest BCUT2D eigenvalue weighted by Crippen LogP contribution is -1.88. The third kappa shape index (κ3) is 1.97. The van der Waals surface area contributed by atoms with Crippen LogP contribution in [0.1, 0.15) is 5.82 Å². The van der Waals surface area contributed by atoms with Crippen molar-refractivity contribution >= 4 is 10.9 Å². The normalized spacial score (nSPS) is 10.8. The SMILES string of the molecule is COc1ccc2c(O)cc(-c3nc(C)no3)nc2c1. The van der Waals surface area contributed by atoms with E-state index in [4.69, 9.17) is 9.26 Å². The van der Waals surface area contributed by atoms with Gasteiger partial charge in [0.25, 0.3) is 5.89 Å². The Morgan fingerprint density at radius 3 is 2.74 bits per heavy atom. The van der Waals surface area contributed by atoms with E-state index < -0.39 is 0 Å². The number of aryl methyl sites for hydroxylation is 1. The third-order valence-corrected chi connectivity index (χ3v) is 2.74. The van der Waals surface area contributed by atoms with E-state index in [1.807, 2.05) is 0 Å². The summed E-state index contributed by atoms with van der Waals surface area (Å²) in [5, 5.41) is 14.4. The second-order valence-corrected chi connectivity index (χ2v) is 4.06. The Kier molecular flexibility index (Phi) is 2.56. The van der Waals surface area contributed by atoms with Crippen molar-refractivity contribution in [1.82, 2.24) is 15.1 Å². The third-order valence-electron chi connectivity index (χ3n) is 2.74. The number of aromatic nitrogens is 3. The van der Waals surface area contributed by atoms with Crippen molar-refractivity contribution in [2.75, 3.05) is 7.11 Å². The fourth-order valence-corrected chi connectivity index (χ4v) is 1.83. The molecular formula is C13H11N3O3. The van der Waals surface area contributed by atoms with Gasteiger partial charge in [-0.3, -0.25) is 0 Å². The molecule has 3 rings (SSSR count). The molecule has 1 N–H and O–H groups in total. The number of nitrogens with zero attached hydrogens (tertiary/aromatic N) is 3. The summed E-state index contributed by atoms with van der Waals surface area (Å²) in [6, 6.07) is 6.75. The van der Waals surface area contributed by atoms with Gasteiger partial charge in [-0.15, -0.1) is 0 Å². The minimum Gasteiger partial charge on any atom is -0.507 e. The highest BCUT2D eigenvalue weighted by Crippen LogP contribution is 2.30. The van der Waals surface area contributed by atoms with Crippen LogP contribution in [0.3, 0.4) is 0 Å². The largest absolute Gasteiger partial charge is 0.507 e. The van der Waals surface area contributed by atoms with E-state index >= 15 is 0 Å². The Bertz CT molecular complexity index is 752. The first-order valence-corrected chi connectivity index (χ1v) is 5.66. The number of hydrogen-bond donors (Lipinski definition) is 1. The van der Waals surface area contributed by atoms with Gasteiger partial charge in [-0.2, -0.15) is 4.98 Å². The van der Waals surface area contributed by atoms with Crippen LogP contribution in [0, 0.1) is 6.92 Å².